The molecular formula is C16H22N2O4S. The Balaban J connectivity index is 2.31. The van der Waals surface area contributed by atoms with Crippen LogP contribution in [-0.4, -0.2) is 43.5 Å². The fourth-order valence-corrected chi connectivity index (χ4v) is 4.21. The minimum atomic E-state index is -3.39. The number of likely N-dealkylation sites (tertiary alicyclic amines) is 1. The Kier molecular flexibility index (Phi) is 5.41. The van der Waals surface area contributed by atoms with Crippen molar-refractivity contribution < 1.29 is 18.0 Å². The number of sulfone groups is 1. The molecule has 0 saturated carbocycles. The Morgan fingerprint density at radius 1 is 1.30 bits per heavy atom. The minimum Gasteiger partial charge on any atom is -0.368 e. The number of primary amides is 1. The molecule has 1 heterocycles. The molecule has 1 aliphatic rings. The van der Waals surface area contributed by atoms with E-state index in [1.54, 1.807) is 19.1 Å². The summed E-state index contributed by atoms with van der Waals surface area (Å²) in [5.41, 5.74) is 5.66. The van der Waals surface area contributed by atoms with Gasteiger partial charge in [-0.3, -0.25) is 9.59 Å². The smallest absolute Gasteiger partial charge is 0.254 e. The number of carbonyl (C=O) groups excluding carboxylic acids is 2. The summed E-state index contributed by atoms with van der Waals surface area (Å²) < 4.78 is 24.3. The number of hydrogen-bond donors (Lipinski definition) is 1. The molecule has 0 aliphatic carbocycles. The van der Waals surface area contributed by atoms with E-state index in [1.807, 2.05) is 0 Å². The first kappa shape index (κ1) is 17.5. The van der Waals surface area contributed by atoms with Crippen molar-refractivity contribution in [3.8, 4) is 0 Å². The second kappa shape index (κ2) is 7.12. The van der Waals surface area contributed by atoms with Crippen LogP contribution in [0.4, 0.5) is 0 Å². The van der Waals surface area contributed by atoms with Gasteiger partial charge in [0.05, 0.1) is 10.6 Å². The fourth-order valence-electron chi connectivity index (χ4n) is 2.85. The maximum absolute atomic E-state index is 12.7. The van der Waals surface area contributed by atoms with E-state index in [1.165, 1.54) is 17.0 Å². The number of hydrogen-bond acceptors (Lipinski definition) is 4. The zero-order chi connectivity index (χ0) is 17.0. The number of carbonyl (C=O) groups is 2. The Bertz CT molecular complexity index is 700. The Morgan fingerprint density at radius 3 is 2.70 bits per heavy atom. The molecule has 1 fully saturated rings. The fraction of sp³-hybridized carbons (Fsp3) is 0.500. The third kappa shape index (κ3) is 3.90. The highest BCUT2D eigenvalue weighted by Crippen LogP contribution is 2.21. The number of rotatable bonds is 5. The molecule has 2 rings (SSSR count). The number of nitrogens with two attached hydrogens (primary N) is 1. The number of benzene rings is 1. The standard InChI is InChI=1S/C16H22N2O4S/c1-2-10-23(21,22)13-7-5-6-12(11-13)16(20)18-9-4-3-8-14(18)15(17)19/h5-7,11,14H,2-4,8-10H2,1H3,(H2,17,19). The topological polar surface area (TPSA) is 97.5 Å². The third-order valence-corrected chi connectivity index (χ3v) is 5.92. The van der Waals surface area contributed by atoms with Gasteiger partial charge < -0.3 is 10.6 Å². The minimum absolute atomic E-state index is 0.0399. The van der Waals surface area contributed by atoms with E-state index in [0.717, 1.165) is 12.8 Å². The summed E-state index contributed by atoms with van der Waals surface area (Å²) in [5, 5.41) is 0. The molecule has 1 unspecified atom stereocenters. The first-order chi connectivity index (χ1) is 10.9. The van der Waals surface area contributed by atoms with Crippen LogP contribution in [0.15, 0.2) is 29.2 Å². The van der Waals surface area contributed by atoms with Crippen LogP contribution in [-0.2, 0) is 14.6 Å². The molecule has 1 aromatic carbocycles. The van der Waals surface area contributed by atoms with E-state index in [2.05, 4.69) is 0 Å². The van der Waals surface area contributed by atoms with Gasteiger partial charge in [0.15, 0.2) is 9.84 Å². The van der Waals surface area contributed by atoms with E-state index in [0.29, 0.717) is 19.4 Å². The highest BCUT2D eigenvalue weighted by molar-refractivity contribution is 7.91. The van der Waals surface area contributed by atoms with Crippen molar-refractivity contribution in [1.29, 1.82) is 0 Å². The summed E-state index contributed by atoms with van der Waals surface area (Å²) in [6.07, 6.45) is 2.72. The summed E-state index contributed by atoms with van der Waals surface area (Å²) in [7, 11) is -3.39. The van der Waals surface area contributed by atoms with Gasteiger partial charge in [-0.15, -0.1) is 0 Å². The zero-order valence-corrected chi connectivity index (χ0v) is 14.0. The van der Waals surface area contributed by atoms with Gasteiger partial charge in [0.1, 0.15) is 6.04 Å². The Hall–Kier alpha value is -1.89. The van der Waals surface area contributed by atoms with Crippen LogP contribution in [0.1, 0.15) is 43.0 Å². The molecule has 1 atom stereocenters. The molecule has 6 nitrogen and oxygen atoms in total. The Labute approximate surface area is 136 Å². The van der Waals surface area contributed by atoms with Crippen LogP contribution in [0, 0.1) is 0 Å². The van der Waals surface area contributed by atoms with E-state index in [-0.39, 0.29) is 22.1 Å². The van der Waals surface area contributed by atoms with Crippen LogP contribution in [0.3, 0.4) is 0 Å². The molecule has 7 heteroatoms. The lowest BCUT2D eigenvalue weighted by atomic mass is 10.0. The lowest BCUT2D eigenvalue weighted by Gasteiger charge is -2.33. The quantitative estimate of drug-likeness (QED) is 0.876. The maximum atomic E-state index is 12.7. The number of nitrogens with zero attached hydrogens (tertiary/aromatic N) is 1. The van der Waals surface area contributed by atoms with Gasteiger partial charge in [0.2, 0.25) is 5.91 Å². The molecule has 1 saturated heterocycles. The van der Waals surface area contributed by atoms with Crippen molar-refractivity contribution in [2.75, 3.05) is 12.3 Å². The summed E-state index contributed by atoms with van der Waals surface area (Å²) in [6.45, 7) is 2.25. The second-order valence-electron chi connectivity index (χ2n) is 5.76. The van der Waals surface area contributed by atoms with Gasteiger partial charge >= 0.3 is 0 Å². The maximum Gasteiger partial charge on any atom is 0.254 e. The molecule has 1 aliphatic heterocycles. The molecule has 2 amide bonds. The Morgan fingerprint density at radius 2 is 2.04 bits per heavy atom. The summed E-state index contributed by atoms with van der Waals surface area (Å²) >= 11 is 0. The van der Waals surface area contributed by atoms with E-state index in [9.17, 15) is 18.0 Å². The van der Waals surface area contributed by atoms with Gasteiger partial charge in [-0.25, -0.2) is 8.42 Å². The van der Waals surface area contributed by atoms with Crippen molar-refractivity contribution in [3.05, 3.63) is 29.8 Å². The monoisotopic (exact) mass is 338 g/mol. The van der Waals surface area contributed by atoms with Crippen molar-refractivity contribution in [2.24, 2.45) is 5.73 Å². The number of piperidine rings is 1. The van der Waals surface area contributed by atoms with Crippen molar-refractivity contribution in [1.82, 2.24) is 4.90 Å². The normalized spacial score (nSPS) is 18.7. The molecule has 0 radical (unpaired) electrons. The predicted octanol–water partition coefficient (Wildman–Crippen LogP) is 1.35. The van der Waals surface area contributed by atoms with E-state index >= 15 is 0 Å². The van der Waals surface area contributed by atoms with Gasteiger partial charge in [0, 0.05) is 12.1 Å². The lowest BCUT2D eigenvalue weighted by molar-refractivity contribution is -0.123. The molecule has 0 aromatic heterocycles. The van der Waals surface area contributed by atoms with Crippen LogP contribution < -0.4 is 5.73 Å². The highest BCUT2D eigenvalue weighted by Gasteiger charge is 2.31. The molecule has 2 N–H and O–H groups in total. The van der Waals surface area contributed by atoms with E-state index < -0.39 is 21.8 Å². The molecule has 1 aromatic rings. The van der Waals surface area contributed by atoms with Gasteiger partial charge in [-0.1, -0.05) is 13.0 Å². The van der Waals surface area contributed by atoms with Crippen LogP contribution in [0.5, 0.6) is 0 Å². The van der Waals surface area contributed by atoms with Gasteiger partial charge in [-0.2, -0.15) is 0 Å². The van der Waals surface area contributed by atoms with Gasteiger partial charge in [-0.05, 0) is 43.9 Å². The molecule has 126 valence electrons. The molecule has 23 heavy (non-hydrogen) atoms. The predicted molar refractivity (Wildman–Crippen MR) is 86.7 cm³/mol. The third-order valence-electron chi connectivity index (χ3n) is 4.01. The second-order valence-corrected chi connectivity index (χ2v) is 7.87. The summed E-state index contributed by atoms with van der Waals surface area (Å²) in [5.74, 6) is -0.826. The average molecular weight is 338 g/mol. The average Bonchev–Trinajstić information content (AvgIpc) is 2.54. The molecular weight excluding hydrogens is 316 g/mol. The SMILES string of the molecule is CCCS(=O)(=O)c1cccc(C(=O)N2CCCCC2C(N)=O)c1. The highest BCUT2D eigenvalue weighted by atomic mass is 32.2. The van der Waals surface area contributed by atoms with Crippen molar-refractivity contribution in [3.63, 3.8) is 0 Å². The first-order valence-corrected chi connectivity index (χ1v) is 9.45. The molecule has 0 bridgehead atoms. The van der Waals surface area contributed by atoms with Crippen LogP contribution >= 0.6 is 0 Å². The van der Waals surface area contributed by atoms with Gasteiger partial charge in [0.25, 0.3) is 5.91 Å². The number of amides is 2. The van der Waals surface area contributed by atoms with E-state index in [4.69, 9.17) is 5.73 Å². The zero-order valence-electron chi connectivity index (χ0n) is 13.2. The van der Waals surface area contributed by atoms with Crippen molar-refractivity contribution in [2.45, 2.75) is 43.5 Å². The first-order valence-electron chi connectivity index (χ1n) is 7.80. The molecule has 0 spiro atoms. The lowest BCUT2D eigenvalue weighted by Crippen LogP contribution is -2.50. The largest absolute Gasteiger partial charge is 0.368 e. The summed E-state index contributed by atoms with van der Waals surface area (Å²) in [4.78, 5) is 25.8. The summed E-state index contributed by atoms with van der Waals surface area (Å²) in [6, 6.07) is 5.38. The van der Waals surface area contributed by atoms with Crippen LogP contribution in [0.25, 0.3) is 0 Å². The van der Waals surface area contributed by atoms with Crippen molar-refractivity contribution >= 4 is 21.7 Å². The van der Waals surface area contributed by atoms with Crippen LogP contribution in [0.2, 0.25) is 0 Å².